The maximum atomic E-state index is 11.9. The molecule has 0 heterocycles. The zero-order chi connectivity index (χ0) is 13.3. The predicted molar refractivity (Wildman–Crippen MR) is 66.7 cm³/mol. The molecule has 0 saturated heterocycles. The Morgan fingerprint density at radius 3 is 2.41 bits per heavy atom. The molecule has 4 heteroatoms. The van der Waals surface area contributed by atoms with Gasteiger partial charge in [0.05, 0.1) is 0 Å². The van der Waals surface area contributed by atoms with E-state index in [9.17, 15) is 9.59 Å². The van der Waals surface area contributed by atoms with E-state index >= 15 is 0 Å². The van der Waals surface area contributed by atoms with Crippen molar-refractivity contribution in [1.82, 2.24) is 4.90 Å². The summed E-state index contributed by atoms with van der Waals surface area (Å²) in [5, 5.41) is 7.00. The minimum atomic E-state index is -0.218. The minimum absolute atomic E-state index is 0.218. The number of amides is 2. The molecule has 0 atom stereocenters. The number of carbonyl (C=O) groups excluding carboxylic acids is 2. The molecule has 0 saturated carbocycles. The van der Waals surface area contributed by atoms with Crippen LogP contribution in [0.3, 0.4) is 0 Å². The fourth-order valence-electron chi connectivity index (χ4n) is 1.41. The van der Waals surface area contributed by atoms with Gasteiger partial charge in [0.2, 0.25) is 6.41 Å². The molecule has 17 heavy (non-hydrogen) atoms. The van der Waals surface area contributed by atoms with Crippen molar-refractivity contribution in [1.29, 1.82) is 0 Å². The SMILES string of the molecule is CCCN(C=O)C(=O)c1ccccc1C.CO. The molecule has 1 rings (SSSR count). The molecule has 1 aromatic rings. The summed E-state index contributed by atoms with van der Waals surface area (Å²) in [6, 6.07) is 7.28. The zero-order valence-electron chi connectivity index (χ0n) is 10.5. The second-order valence-corrected chi connectivity index (χ2v) is 3.42. The average Bonchev–Trinajstić information content (AvgIpc) is 2.38. The molecule has 0 aromatic heterocycles. The van der Waals surface area contributed by atoms with Crippen LogP contribution in [0.25, 0.3) is 0 Å². The molecule has 1 N–H and O–H groups in total. The lowest BCUT2D eigenvalue weighted by atomic mass is 10.1. The lowest BCUT2D eigenvalue weighted by molar-refractivity contribution is -0.116. The number of aliphatic hydroxyl groups is 1. The van der Waals surface area contributed by atoms with Gasteiger partial charge in [-0.2, -0.15) is 0 Å². The number of nitrogens with zero attached hydrogens (tertiary/aromatic N) is 1. The van der Waals surface area contributed by atoms with E-state index in [0.717, 1.165) is 19.1 Å². The van der Waals surface area contributed by atoms with E-state index in [-0.39, 0.29) is 5.91 Å². The van der Waals surface area contributed by atoms with Gasteiger partial charge in [0.25, 0.3) is 5.91 Å². The number of carbonyl (C=O) groups is 2. The van der Waals surface area contributed by atoms with Crippen molar-refractivity contribution in [3.8, 4) is 0 Å². The third kappa shape index (κ3) is 4.36. The van der Waals surface area contributed by atoms with Gasteiger partial charge in [0.1, 0.15) is 0 Å². The third-order valence-corrected chi connectivity index (χ3v) is 2.23. The third-order valence-electron chi connectivity index (χ3n) is 2.23. The van der Waals surface area contributed by atoms with Crippen LogP contribution in [0.1, 0.15) is 29.3 Å². The van der Waals surface area contributed by atoms with Crippen LogP contribution in [-0.4, -0.2) is 36.0 Å². The number of aryl methyl sites for hydroxylation is 1. The quantitative estimate of drug-likeness (QED) is 0.809. The van der Waals surface area contributed by atoms with Crippen LogP contribution in [-0.2, 0) is 4.79 Å². The van der Waals surface area contributed by atoms with E-state index in [2.05, 4.69) is 0 Å². The number of rotatable bonds is 4. The van der Waals surface area contributed by atoms with Gasteiger partial charge < -0.3 is 5.11 Å². The molecule has 1 aromatic carbocycles. The molecule has 0 aliphatic heterocycles. The minimum Gasteiger partial charge on any atom is -0.400 e. The maximum absolute atomic E-state index is 11.9. The van der Waals surface area contributed by atoms with Crippen molar-refractivity contribution in [3.63, 3.8) is 0 Å². The predicted octanol–water partition coefficient (Wildman–Crippen LogP) is 1.61. The highest BCUT2D eigenvalue weighted by Gasteiger charge is 2.15. The molecular formula is C13H19NO3. The van der Waals surface area contributed by atoms with E-state index in [1.54, 1.807) is 12.1 Å². The first-order chi connectivity index (χ1) is 8.20. The first-order valence-corrected chi connectivity index (χ1v) is 5.47. The van der Waals surface area contributed by atoms with Crippen molar-refractivity contribution in [2.75, 3.05) is 13.7 Å². The number of imide groups is 1. The van der Waals surface area contributed by atoms with E-state index in [1.807, 2.05) is 26.0 Å². The lowest BCUT2D eigenvalue weighted by Crippen LogP contribution is -2.30. The number of hydrogen-bond donors (Lipinski definition) is 1. The second kappa shape index (κ2) is 8.47. The molecule has 0 fully saturated rings. The molecule has 0 aliphatic carbocycles. The molecule has 0 radical (unpaired) electrons. The van der Waals surface area contributed by atoms with Crippen molar-refractivity contribution in [2.45, 2.75) is 20.3 Å². The van der Waals surface area contributed by atoms with Gasteiger partial charge in [-0.05, 0) is 25.0 Å². The average molecular weight is 237 g/mol. The normalized spacial score (nSPS) is 8.94. The zero-order valence-corrected chi connectivity index (χ0v) is 10.5. The summed E-state index contributed by atoms with van der Waals surface area (Å²) in [5.41, 5.74) is 1.49. The van der Waals surface area contributed by atoms with Crippen LogP contribution < -0.4 is 0 Å². The Bertz CT molecular complexity index is 363. The lowest BCUT2D eigenvalue weighted by Gasteiger charge is -2.15. The van der Waals surface area contributed by atoms with Gasteiger partial charge in [-0.25, -0.2) is 0 Å². The van der Waals surface area contributed by atoms with Crippen LogP contribution in [0, 0.1) is 6.92 Å². The summed E-state index contributed by atoms with van der Waals surface area (Å²) >= 11 is 0. The Balaban J connectivity index is 0.00000121. The van der Waals surface area contributed by atoms with Crippen LogP contribution in [0.4, 0.5) is 0 Å². The highest BCUT2D eigenvalue weighted by Crippen LogP contribution is 2.09. The first-order valence-electron chi connectivity index (χ1n) is 5.47. The van der Waals surface area contributed by atoms with Crippen molar-refractivity contribution < 1.29 is 14.7 Å². The Morgan fingerprint density at radius 2 is 1.94 bits per heavy atom. The van der Waals surface area contributed by atoms with E-state index < -0.39 is 0 Å². The smallest absolute Gasteiger partial charge is 0.260 e. The van der Waals surface area contributed by atoms with Crippen LogP contribution in [0.15, 0.2) is 24.3 Å². The van der Waals surface area contributed by atoms with Gasteiger partial charge >= 0.3 is 0 Å². The highest BCUT2D eigenvalue weighted by molar-refractivity contribution is 6.00. The van der Waals surface area contributed by atoms with Crippen LogP contribution >= 0.6 is 0 Å². The summed E-state index contributed by atoms with van der Waals surface area (Å²) in [6.45, 7) is 4.26. The van der Waals surface area contributed by atoms with Gasteiger partial charge in [0, 0.05) is 19.2 Å². The fraction of sp³-hybridized carbons (Fsp3) is 0.385. The van der Waals surface area contributed by atoms with Crippen molar-refractivity contribution in [3.05, 3.63) is 35.4 Å². The monoisotopic (exact) mass is 237 g/mol. The van der Waals surface area contributed by atoms with E-state index in [4.69, 9.17) is 5.11 Å². The molecular weight excluding hydrogens is 218 g/mol. The first kappa shape index (κ1) is 15.3. The van der Waals surface area contributed by atoms with Gasteiger partial charge in [-0.15, -0.1) is 0 Å². The van der Waals surface area contributed by atoms with E-state index in [1.165, 1.54) is 4.90 Å². The number of benzene rings is 1. The topological polar surface area (TPSA) is 57.6 Å². The van der Waals surface area contributed by atoms with Crippen LogP contribution in [0.2, 0.25) is 0 Å². The Labute approximate surface area is 102 Å². The van der Waals surface area contributed by atoms with Crippen molar-refractivity contribution >= 4 is 12.3 Å². The Kier molecular flexibility index (Phi) is 7.63. The number of aliphatic hydroxyl groups excluding tert-OH is 1. The summed E-state index contributed by atoms with van der Waals surface area (Å²) in [7, 11) is 1.00. The Hall–Kier alpha value is -1.68. The largest absolute Gasteiger partial charge is 0.400 e. The van der Waals surface area contributed by atoms with Crippen LogP contribution in [0.5, 0.6) is 0 Å². The van der Waals surface area contributed by atoms with Gasteiger partial charge in [-0.1, -0.05) is 25.1 Å². The maximum Gasteiger partial charge on any atom is 0.260 e. The summed E-state index contributed by atoms with van der Waals surface area (Å²) in [5.74, 6) is -0.218. The molecule has 0 bridgehead atoms. The fourth-order valence-corrected chi connectivity index (χ4v) is 1.41. The summed E-state index contributed by atoms with van der Waals surface area (Å²) in [6.07, 6.45) is 1.37. The standard InChI is InChI=1S/C12H15NO2.CH4O/c1-3-8-13(9-14)12(15)11-7-5-4-6-10(11)2;1-2/h4-7,9H,3,8H2,1-2H3;2H,1H3. The second-order valence-electron chi connectivity index (χ2n) is 3.42. The molecule has 0 unspecified atom stereocenters. The van der Waals surface area contributed by atoms with Gasteiger partial charge in [0.15, 0.2) is 0 Å². The highest BCUT2D eigenvalue weighted by atomic mass is 16.2. The molecule has 4 nitrogen and oxygen atoms in total. The summed E-state index contributed by atoms with van der Waals surface area (Å²) in [4.78, 5) is 23.8. The van der Waals surface area contributed by atoms with E-state index in [0.29, 0.717) is 18.5 Å². The molecule has 2 amide bonds. The van der Waals surface area contributed by atoms with Gasteiger partial charge in [-0.3, -0.25) is 14.5 Å². The molecule has 0 spiro atoms. The molecule has 94 valence electrons. The summed E-state index contributed by atoms with van der Waals surface area (Å²) < 4.78 is 0. The molecule has 0 aliphatic rings. The number of hydrogen-bond acceptors (Lipinski definition) is 3. The van der Waals surface area contributed by atoms with Crippen molar-refractivity contribution in [2.24, 2.45) is 0 Å². The Morgan fingerprint density at radius 1 is 1.35 bits per heavy atom.